The molecule has 0 unspecified atom stereocenters. The summed E-state index contributed by atoms with van der Waals surface area (Å²) in [4.78, 5) is 14.1. The van der Waals surface area contributed by atoms with E-state index < -0.39 is 5.97 Å². The highest BCUT2D eigenvalue weighted by atomic mass is 32.1. The van der Waals surface area contributed by atoms with Crippen LogP contribution in [0.25, 0.3) is 0 Å². The summed E-state index contributed by atoms with van der Waals surface area (Å²) in [5.74, 6) is -1.07. The molecule has 1 heterocycles. The van der Waals surface area contributed by atoms with E-state index in [1.54, 1.807) is 18.2 Å². The van der Waals surface area contributed by atoms with Crippen LogP contribution in [0.15, 0.2) is 30.3 Å². The first-order valence-corrected chi connectivity index (χ1v) is 7.14. The lowest BCUT2D eigenvalue weighted by atomic mass is 10.2. The molecule has 0 radical (unpaired) electrons. The number of carbonyl (C=O) groups is 1. The van der Waals surface area contributed by atoms with Crippen LogP contribution in [0.2, 0.25) is 0 Å². The number of hydrogen-bond donors (Lipinski definition) is 1. The molecular formula is C15H16FNO3S. The van der Waals surface area contributed by atoms with Gasteiger partial charge in [0.25, 0.3) is 0 Å². The average Bonchev–Trinajstić information content (AvgIpc) is 2.87. The molecule has 0 spiro atoms. The van der Waals surface area contributed by atoms with Gasteiger partial charge in [0.2, 0.25) is 0 Å². The zero-order valence-corrected chi connectivity index (χ0v) is 12.6. The van der Waals surface area contributed by atoms with Crippen molar-refractivity contribution in [3.63, 3.8) is 0 Å². The second-order valence-corrected chi connectivity index (χ2v) is 5.88. The SMILES string of the molecule is COc1ccc(CN(C)Cc2ccc(C(=O)O)s2)cc1F. The molecule has 112 valence electrons. The van der Waals surface area contributed by atoms with Crippen LogP contribution in [0.1, 0.15) is 20.1 Å². The van der Waals surface area contributed by atoms with Crippen LogP contribution in [0, 0.1) is 5.82 Å². The lowest BCUT2D eigenvalue weighted by molar-refractivity contribution is 0.0702. The van der Waals surface area contributed by atoms with Crippen LogP contribution in [0.4, 0.5) is 4.39 Å². The Hall–Kier alpha value is -1.92. The highest BCUT2D eigenvalue weighted by molar-refractivity contribution is 7.13. The van der Waals surface area contributed by atoms with E-state index in [1.165, 1.54) is 24.5 Å². The number of carboxylic acids is 1. The molecule has 0 aliphatic rings. The molecule has 0 bridgehead atoms. The summed E-state index contributed by atoms with van der Waals surface area (Å²) in [5, 5.41) is 8.89. The standard InChI is InChI=1S/C15H16FNO3S/c1-17(9-11-4-6-14(21-11)15(18)19)8-10-3-5-13(20-2)12(16)7-10/h3-7H,8-9H2,1-2H3,(H,18,19). The summed E-state index contributed by atoms with van der Waals surface area (Å²) in [7, 11) is 3.34. The fraction of sp³-hybridized carbons (Fsp3) is 0.267. The third kappa shape index (κ3) is 4.03. The monoisotopic (exact) mass is 309 g/mol. The second kappa shape index (κ2) is 6.69. The molecule has 1 aromatic carbocycles. The first-order valence-electron chi connectivity index (χ1n) is 6.32. The lowest BCUT2D eigenvalue weighted by Gasteiger charge is -2.16. The Labute approximate surface area is 126 Å². The van der Waals surface area contributed by atoms with Gasteiger partial charge in [0, 0.05) is 18.0 Å². The zero-order valence-electron chi connectivity index (χ0n) is 11.8. The highest BCUT2D eigenvalue weighted by Gasteiger charge is 2.10. The Morgan fingerprint density at radius 3 is 2.67 bits per heavy atom. The summed E-state index contributed by atoms with van der Waals surface area (Å²) in [6, 6.07) is 8.27. The molecule has 0 aliphatic carbocycles. The van der Waals surface area contributed by atoms with Gasteiger partial charge in [-0.3, -0.25) is 4.90 Å². The molecule has 0 atom stereocenters. The van der Waals surface area contributed by atoms with Crippen LogP contribution in [-0.2, 0) is 13.1 Å². The fourth-order valence-corrected chi connectivity index (χ4v) is 2.95. The van der Waals surface area contributed by atoms with Crippen molar-refractivity contribution in [3.05, 3.63) is 51.5 Å². The summed E-state index contributed by atoms with van der Waals surface area (Å²) >= 11 is 1.25. The number of nitrogens with zero attached hydrogens (tertiary/aromatic N) is 1. The first-order chi connectivity index (χ1) is 9.99. The predicted molar refractivity (Wildman–Crippen MR) is 79.4 cm³/mol. The molecule has 4 nitrogen and oxygen atoms in total. The number of carboxylic acid groups (broad SMARTS) is 1. The minimum absolute atomic E-state index is 0.228. The molecule has 0 amide bonds. The third-order valence-electron chi connectivity index (χ3n) is 2.97. The van der Waals surface area contributed by atoms with Crippen molar-refractivity contribution >= 4 is 17.3 Å². The molecule has 0 aliphatic heterocycles. The van der Waals surface area contributed by atoms with Crippen molar-refractivity contribution in [2.75, 3.05) is 14.2 Å². The van der Waals surface area contributed by atoms with Crippen molar-refractivity contribution < 1.29 is 19.0 Å². The Bertz CT molecular complexity index is 642. The third-order valence-corrected chi connectivity index (χ3v) is 4.02. The molecule has 0 saturated heterocycles. The minimum atomic E-state index is -0.911. The van der Waals surface area contributed by atoms with Gasteiger partial charge in [-0.25, -0.2) is 9.18 Å². The van der Waals surface area contributed by atoms with Crippen LogP contribution in [0.3, 0.4) is 0 Å². The van der Waals surface area contributed by atoms with Gasteiger partial charge in [-0.1, -0.05) is 6.07 Å². The smallest absolute Gasteiger partial charge is 0.345 e. The molecule has 21 heavy (non-hydrogen) atoms. The van der Waals surface area contributed by atoms with Gasteiger partial charge in [0.15, 0.2) is 11.6 Å². The van der Waals surface area contributed by atoms with E-state index in [4.69, 9.17) is 9.84 Å². The number of thiophene rings is 1. The Kier molecular flexibility index (Phi) is 4.93. The second-order valence-electron chi connectivity index (χ2n) is 4.71. The van der Waals surface area contributed by atoms with Gasteiger partial charge in [-0.2, -0.15) is 0 Å². The molecule has 2 rings (SSSR count). The lowest BCUT2D eigenvalue weighted by Crippen LogP contribution is -2.16. The number of ether oxygens (including phenoxy) is 1. The van der Waals surface area contributed by atoms with Crippen molar-refractivity contribution in [2.24, 2.45) is 0 Å². The van der Waals surface area contributed by atoms with Gasteiger partial charge in [0.05, 0.1) is 7.11 Å². The number of hydrogen-bond acceptors (Lipinski definition) is 4. The molecule has 0 fully saturated rings. The van der Waals surface area contributed by atoms with Crippen molar-refractivity contribution in [1.29, 1.82) is 0 Å². The van der Waals surface area contributed by atoms with E-state index in [0.29, 0.717) is 18.0 Å². The van der Waals surface area contributed by atoms with Crippen molar-refractivity contribution in [1.82, 2.24) is 4.90 Å². The fourth-order valence-electron chi connectivity index (χ4n) is 2.02. The largest absolute Gasteiger partial charge is 0.494 e. The van der Waals surface area contributed by atoms with Crippen LogP contribution < -0.4 is 4.74 Å². The predicted octanol–water partition coefficient (Wildman–Crippen LogP) is 3.23. The van der Waals surface area contributed by atoms with E-state index in [9.17, 15) is 9.18 Å². The summed E-state index contributed by atoms with van der Waals surface area (Å²) < 4.78 is 18.5. The summed E-state index contributed by atoms with van der Waals surface area (Å²) in [6.07, 6.45) is 0. The number of halogens is 1. The molecule has 1 aromatic heterocycles. The van der Waals surface area contributed by atoms with Gasteiger partial charge in [-0.15, -0.1) is 11.3 Å². The summed E-state index contributed by atoms with van der Waals surface area (Å²) in [6.45, 7) is 1.19. The topological polar surface area (TPSA) is 49.8 Å². The van der Waals surface area contributed by atoms with Crippen molar-refractivity contribution in [3.8, 4) is 5.75 Å². The maximum Gasteiger partial charge on any atom is 0.345 e. The van der Waals surface area contributed by atoms with Gasteiger partial charge >= 0.3 is 5.97 Å². The molecule has 1 N–H and O–H groups in total. The number of rotatable bonds is 6. The van der Waals surface area contributed by atoms with Crippen LogP contribution in [-0.4, -0.2) is 30.1 Å². The van der Waals surface area contributed by atoms with Crippen LogP contribution >= 0.6 is 11.3 Å². The van der Waals surface area contributed by atoms with Gasteiger partial charge in [-0.05, 0) is 36.9 Å². The van der Waals surface area contributed by atoms with Crippen LogP contribution in [0.5, 0.6) is 5.75 Å². The Morgan fingerprint density at radius 2 is 2.10 bits per heavy atom. The molecule has 0 saturated carbocycles. The van der Waals surface area contributed by atoms with Crippen molar-refractivity contribution in [2.45, 2.75) is 13.1 Å². The van der Waals surface area contributed by atoms with E-state index >= 15 is 0 Å². The molecular weight excluding hydrogens is 293 g/mol. The number of benzene rings is 1. The Morgan fingerprint density at radius 1 is 1.33 bits per heavy atom. The maximum absolute atomic E-state index is 13.6. The maximum atomic E-state index is 13.6. The quantitative estimate of drug-likeness (QED) is 0.890. The number of methoxy groups -OCH3 is 1. The van der Waals surface area contributed by atoms with Gasteiger partial charge in [0.1, 0.15) is 4.88 Å². The normalized spacial score (nSPS) is 10.9. The minimum Gasteiger partial charge on any atom is -0.494 e. The average molecular weight is 309 g/mol. The number of aromatic carboxylic acids is 1. The highest BCUT2D eigenvalue weighted by Crippen LogP contribution is 2.21. The first kappa shape index (κ1) is 15.5. The van der Waals surface area contributed by atoms with E-state index in [1.807, 2.05) is 18.0 Å². The van der Waals surface area contributed by atoms with E-state index in [2.05, 4.69) is 0 Å². The molecule has 2 aromatic rings. The van der Waals surface area contributed by atoms with E-state index in [0.717, 1.165) is 10.4 Å². The Balaban J connectivity index is 1.99. The molecule has 6 heteroatoms. The summed E-state index contributed by atoms with van der Waals surface area (Å²) in [5.41, 5.74) is 0.839. The van der Waals surface area contributed by atoms with Gasteiger partial charge < -0.3 is 9.84 Å². The zero-order chi connectivity index (χ0) is 15.4. The van der Waals surface area contributed by atoms with E-state index in [-0.39, 0.29) is 11.6 Å².